The van der Waals surface area contributed by atoms with Crippen LogP contribution in [0.5, 0.6) is 0 Å². The Morgan fingerprint density at radius 3 is 2.90 bits per heavy atom. The molecule has 21 heavy (non-hydrogen) atoms. The van der Waals surface area contributed by atoms with Gasteiger partial charge in [0, 0.05) is 6.42 Å². The fraction of sp³-hybridized carbons (Fsp3) is 0.182. The molecule has 10 heteroatoms. The Morgan fingerprint density at radius 2 is 2.19 bits per heavy atom. The van der Waals surface area contributed by atoms with Crippen LogP contribution in [0.25, 0.3) is 11.2 Å². The average Bonchev–Trinajstić information content (AvgIpc) is 3.04. The lowest BCUT2D eigenvalue weighted by Gasteiger charge is -2.01. The zero-order valence-electron chi connectivity index (χ0n) is 10.8. The molecule has 0 radical (unpaired) electrons. The second-order valence-electron chi connectivity index (χ2n) is 4.14. The lowest BCUT2D eigenvalue weighted by molar-refractivity contribution is 0.253. The molecule has 3 N–H and O–H groups in total. The summed E-state index contributed by atoms with van der Waals surface area (Å²) in [5.41, 5.74) is -1.47. The molecule has 0 bridgehead atoms. The van der Waals surface area contributed by atoms with Crippen molar-refractivity contribution >= 4 is 23.2 Å². The number of aryl methyl sites for hydroxylation is 1. The first-order valence-corrected chi connectivity index (χ1v) is 6.04. The zero-order valence-corrected chi connectivity index (χ0v) is 10.8. The molecule has 3 rings (SSSR count). The lowest BCUT2D eigenvalue weighted by atomic mass is 10.4. The molecule has 0 atom stereocenters. The normalized spacial score (nSPS) is 10.9. The highest BCUT2D eigenvalue weighted by atomic mass is 16.4. The maximum absolute atomic E-state index is 12.1. The summed E-state index contributed by atoms with van der Waals surface area (Å²) >= 11 is 0. The number of imidazole rings is 1. The van der Waals surface area contributed by atoms with E-state index in [1.54, 1.807) is 0 Å². The topological polar surface area (TPSA) is 139 Å². The third kappa shape index (κ3) is 2.22. The number of aromatic amines is 2. The van der Waals surface area contributed by atoms with Gasteiger partial charge in [-0.2, -0.15) is 0 Å². The van der Waals surface area contributed by atoms with Crippen LogP contribution in [0.1, 0.15) is 12.7 Å². The van der Waals surface area contributed by atoms with Crippen molar-refractivity contribution in [3.05, 3.63) is 39.1 Å². The van der Waals surface area contributed by atoms with Crippen LogP contribution in [0.2, 0.25) is 0 Å². The minimum atomic E-state index is -0.730. The Balaban J connectivity index is 1.98. The molecule has 0 fully saturated rings. The van der Waals surface area contributed by atoms with Crippen LogP contribution >= 0.6 is 0 Å². The summed E-state index contributed by atoms with van der Waals surface area (Å²) in [7, 11) is 0. The van der Waals surface area contributed by atoms with Gasteiger partial charge in [0.25, 0.3) is 5.56 Å². The fourth-order valence-corrected chi connectivity index (χ4v) is 1.77. The van der Waals surface area contributed by atoms with Gasteiger partial charge in [0.1, 0.15) is 12.1 Å². The van der Waals surface area contributed by atoms with Crippen molar-refractivity contribution in [2.24, 2.45) is 0 Å². The van der Waals surface area contributed by atoms with Crippen LogP contribution in [0.15, 0.2) is 26.5 Å². The molecule has 108 valence electrons. The molecule has 3 aromatic rings. The molecule has 0 saturated carbocycles. The van der Waals surface area contributed by atoms with Crippen molar-refractivity contribution in [2.75, 3.05) is 5.32 Å². The summed E-state index contributed by atoms with van der Waals surface area (Å²) in [6, 6.07) is -0.644. The Hall–Kier alpha value is -3.17. The number of carbonyl (C=O) groups excluding carboxylic acids is 1. The molecule has 0 saturated heterocycles. The number of nitrogens with zero attached hydrogens (tertiary/aromatic N) is 3. The van der Waals surface area contributed by atoms with Crippen molar-refractivity contribution < 1.29 is 9.21 Å². The van der Waals surface area contributed by atoms with E-state index in [2.05, 4.69) is 20.3 Å². The highest BCUT2D eigenvalue weighted by molar-refractivity contribution is 5.94. The van der Waals surface area contributed by atoms with Crippen LogP contribution < -0.4 is 16.6 Å². The molecule has 10 nitrogen and oxygen atoms in total. The van der Waals surface area contributed by atoms with Gasteiger partial charge in [-0.1, -0.05) is 6.92 Å². The van der Waals surface area contributed by atoms with E-state index in [1.807, 2.05) is 11.9 Å². The van der Waals surface area contributed by atoms with Gasteiger partial charge in [-0.05, 0) is 0 Å². The molecule has 3 heterocycles. The van der Waals surface area contributed by atoms with Gasteiger partial charge >= 0.3 is 17.7 Å². The molecule has 0 aromatic carbocycles. The van der Waals surface area contributed by atoms with E-state index in [1.165, 1.54) is 6.20 Å². The van der Waals surface area contributed by atoms with Gasteiger partial charge in [-0.25, -0.2) is 24.1 Å². The van der Waals surface area contributed by atoms with Gasteiger partial charge in [0.15, 0.2) is 11.2 Å². The van der Waals surface area contributed by atoms with E-state index in [4.69, 9.17) is 4.42 Å². The standard InChI is InChI=1S/C11H10N6O4/c1-2-5-3-12-10(21-5)16-11(20)17-4-13-6-7(17)14-9(19)15-8(6)18/h3-4H,2H2,1H3,(H,12,16,20)(H2,14,15,18,19). The molecule has 0 unspecified atom stereocenters. The van der Waals surface area contributed by atoms with E-state index in [-0.39, 0.29) is 17.2 Å². The van der Waals surface area contributed by atoms with Crippen LogP contribution in [0.4, 0.5) is 10.8 Å². The number of anilines is 1. The van der Waals surface area contributed by atoms with Crippen LogP contribution in [-0.2, 0) is 6.42 Å². The van der Waals surface area contributed by atoms with Crippen molar-refractivity contribution in [3.8, 4) is 0 Å². The number of H-pyrrole nitrogens is 2. The molecule has 0 spiro atoms. The smallest absolute Gasteiger partial charge is 0.336 e. The average molecular weight is 290 g/mol. The summed E-state index contributed by atoms with van der Waals surface area (Å²) in [4.78, 5) is 46.9. The minimum Gasteiger partial charge on any atom is -0.428 e. The van der Waals surface area contributed by atoms with Crippen molar-refractivity contribution in [2.45, 2.75) is 13.3 Å². The third-order valence-corrected chi connectivity index (χ3v) is 2.78. The van der Waals surface area contributed by atoms with Crippen LogP contribution in [0.3, 0.4) is 0 Å². The number of carbonyl (C=O) groups is 1. The Bertz CT molecular complexity index is 930. The number of hydrogen-bond donors (Lipinski definition) is 3. The van der Waals surface area contributed by atoms with E-state index in [0.29, 0.717) is 12.2 Å². The largest absolute Gasteiger partial charge is 0.428 e. The van der Waals surface area contributed by atoms with Gasteiger partial charge in [-0.15, -0.1) is 0 Å². The number of nitrogens with one attached hydrogen (secondary N) is 3. The second-order valence-corrected chi connectivity index (χ2v) is 4.14. The predicted octanol–water partition coefficient (Wildman–Crippen LogP) is 0.0435. The Kier molecular flexibility index (Phi) is 2.90. The van der Waals surface area contributed by atoms with Gasteiger partial charge in [-0.3, -0.25) is 20.1 Å². The summed E-state index contributed by atoms with van der Waals surface area (Å²) in [5.74, 6) is 0.616. The van der Waals surface area contributed by atoms with E-state index in [9.17, 15) is 14.4 Å². The minimum absolute atomic E-state index is 0.0106. The molecule has 0 aliphatic carbocycles. The van der Waals surface area contributed by atoms with Crippen molar-refractivity contribution in [1.29, 1.82) is 0 Å². The molecule has 0 aliphatic rings. The molecule has 0 aliphatic heterocycles. The van der Waals surface area contributed by atoms with Gasteiger partial charge in [0.2, 0.25) is 0 Å². The quantitative estimate of drug-likeness (QED) is 0.609. The summed E-state index contributed by atoms with van der Waals surface area (Å²) < 4.78 is 6.23. The third-order valence-electron chi connectivity index (χ3n) is 2.78. The fourth-order valence-electron chi connectivity index (χ4n) is 1.77. The monoisotopic (exact) mass is 290 g/mol. The van der Waals surface area contributed by atoms with E-state index in [0.717, 1.165) is 10.9 Å². The highest BCUT2D eigenvalue weighted by Crippen LogP contribution is 2.10. The van der Waals surface area contributed by atoms with Gasteiger partial charge in [0.05, 0.1) is 6.20 Å². The Morgan fingerprint density at radius 1 is 1.38 bits per heavy atom. The molecule has 1 amide bonds. The van der Waals surface area contributed by atoms with E-state index >= 15 is 0 Å². The second kappa shape index (κ2) is 4.74. The maximum Gasteiger partial charge on any atom is 0.336 e. The SMILES string of the molecule is CCc1cnc(NC(=O)n2cnc3c(=O)[nH]c(=O)[nH]c32)o1. The number of hydrogen-bond acceptors (Lipinski definition) is 6. The number of oxazole rings is 1. The number of fused-ring (bicyclic) bond motifs is 1. The highest BCUT2D eigenvalue weighted by Gasteiger charge is 2.15. The number of aromatic nitrogens is 5. The first-order chi connectivity index (χ1) is 10.1. The molecule has 3 aromatic heterocycles. The van der Waals surface area contributed by atoms with Gasteiger partial charge < -0.3 is 4.42 Å². The van der Waals surface area contributed by atoms with Crippen LogP contribution in [-0.4, -0.2) is 30.5 Å². The van der Waals surface area contributed by atoms with Crippen molar-refractivity contribution in [1.82, 2.24) is 24.5 Å². The zero-order chi connectivity index (χ0) is 15.0. The first kappa shape index (κ1) is 12.8. The Labute approximate surface area is 115 Å². The number of rotatable bonds is 2. The molecular formula is C11H10N6O4. The summed E-state index contributed by atoms with van der Waals surface area (Å²) in [6.07, 6.45) is 3.25. The first-order valence-electron chi connectivity index (χ1n) is 6.04. The molecular weight excluding hydrogens is 280 g/mol. The number of amides is 1. The maximum atomic E-state index is 12.1. The predicted molar refractivity (Wildman–Crippen MR) is 71.3 cm³/mol. The van der Waals surface area contributed by atoms with Crippen LogP contribution in [0, 0.1) is 0 Å². The summed E-state index contributed by atoms with van der Waals surface area (Å²) in [5, 5.41) is 2.40. The van der Waals surface area contributed by atoms with E-state index < -0.39 is 17.3 Å². The summed E-state index contributed by atoms with van der Waals surface area (Å²) in [6.45, 7) is 1.88. The lowest BCUT2D eigenvalue weighted by Crippen LogP contribution is -2.25. The van der Waals surface area contributed by atoms with Crippen molar-refractivity contribution in [3.63, 3.8) is 0 Å².